The molecule has 104 valence electrons. The van der Waals surface area contributed by atoms with Crippen molar-refractivity contribution in [1.82, 2.24) is 9.36 Å². The molecule has 0 aromatic carbocycles. The third kappa shape index (κ3) is 3.55. The van der Waals surface area contributed by atoms with Crippen LogP contribution in [0.25, 0.3) is 0 Å². The Morgan fingerprint density at radius 3 is 2.28 bits per heavy atom. The Labute approximate surface area is 107 Å². The summed E-state index contributed by atoms with van der Waals surface area (Å²) in [6.07, 6.45) is -3.53. The Morgan fingerprint density at radius 1 is 1.33 bits per heavy atom. The molecule has 0 aliphatic heterocycles. The number of sulfone groups is 1. The van der Waals surface area contributed by atoms with Gasteiger partial charge in [0.25, 0.3) is 0 Å². The Balaban J connectivity index is 2.74. The molecule has 1 rings (SSSR count). The third-order valence-electron chi connectivity index (χ3n) is 2.35. The highest BCUT2D eigenvalue weighted by molar-refractivity contribution is 7.92. The molecule has 0 bridgehead atoms. The van der Waals surface area contributed by atoms with E-state index in [1.165, 1.54) is 13.8 Å². The first-order valence-electron chi connectivity index (χ1n) is 4.78. The number of hydrogen-bond donors (Lipinski definition) is 1. The molecule has 1 aromatic heterocycles. The monoisotopic (exact) mass is 303 g/mol. The first-order valence-corrected chi connectivity index (χ1v) is 7.44. The summed E-state index contributed by atoms with van der Waals surface area (Å²) in [5, 5.41) is 2.49. The van der Waals surface area contributed by atoms with E-state index in [0.29, 0.717) is 11.5 Å². The number of alkyl halides is 3. The minimum atomic E-state index is -4.59. The van der Waals surface area contributed by atoms with Crippen molar-refractivity contribution < 1.29 is 21.6 Å². The fourth-order valence-corrected chi connectivity index (χ4v) is 1.75. The van der Waals surface area contributed by atoms with Crippen molar-refractivity contribution >= 4 is 26.5 Å². The summed E-state index contributed by atoms with van der Waals surface area (Å²) in [5.41, 5.74) is 0. The summed E-state index contributed by atoms with van der Waals surface area (Å²) < 4.78 is 61.5. The lowest BCUT2D eigenvalue weighted by Gasteiger charge is -2.22. The van der Waals surface area contributed by atoms with Crippen LogP contribution in [0.5, 0.6) is 0 Å². The van der Waals surface area contributed by atoms with Crippen molar-refractivity contribution in [2.75, 3.05) is 18.1 Å². The zero-order valence-corrected chi connectivity index (χ0v) is 11.5. The van der Waals surface area contributed by atoms with Gasteiger partial charge >= 0.3 is 6.18 Å². The molecule has 1 aromatic rings. The fourth-order valence-electron chi connectivity index (χ4n) is 0.830. The van der Waals surface area contributed by atoms with E-state index in [9.17, 15) is 21.6 Å². The quantitative estimate of drug-likeness (QED) is 0.918. The number of aromatic nitrogens is 2. The average Bonchev–Trinajstić information content (AvgIpc) is 2.60. The van der Waals surface area contributed by atoms with Gasteiger partial charge in [-0.1, -0.05) is 0 Å². The average molecular weight is 303 g/mol. The van der Waals surface area contributed by atoms with Crippen molar-refractivity contribution in [3.8, 4) is 0 Å². The van der Waals surface area contributed by atoms with E-state index in [-0.39, 0.29) is 11.7 Å². The molecule has 10 heteroatoms. The topological polar surface area (TPSA) is 72.0 Å². The number of nitrogens with zero attached hydrogens (tertiary/aromatic N) is 2. The molecule has 0 unspecified atom stereocenters. The smallest absolute Gasteiger partial charge is 0.359 e. The van der Waals surface area contributed by atoms with E-state index in [1.807, 2.05) is 0 Å². The summed E-state index contributed by atoms with van der Waals surface area (Å²) in [6.45, 7) is 2.90. The molecular formula is C8H12F3N3O2S2. The molecule has 0 amide bonds. The molecular weight excluding hydrogens is 291 g/mol. The van der Waals surface area contributed by atoms with Gasteiger partial charge in [-0.3, -0.25) is 0 Å². The molecule has 0 aliphatic carbocycles. The van der Waals surface area contributed by atoms with E-state index < -0.39 is 26.6 Å². The van der Waals surface area contributed by atoms with Crippen molar-refractivity contribution in [1.29, 1.82) is 0 Å². The highest BCUT2D eigenvalue weighted by Crippen LogP contribution is 2.29. The second-order valence-corrected chi connectivity index (χ2v) is 7.71. The predicted octanol–water partition coefficient (Wildman–Crippen LogP) is 1.79. The van der Waals surface area contributed by atoms with Gasteiger partial charge in [-0.15, -0.1) is 0 Å². The van der Waals surface area contributed by atoms with Gasteiger partial charge in [0.15, 0.2) is 9.84 Å². The van der Waals surface area contributed by atoms with E-state index in [2.05, 4.69) is 14.7 Å². The second-order valence-electron chi connectivity index (χ2n) is 4.31. The lowest BCUT2D eigenvalue weighted by atomic mass is 10.2. The Kier molecular flexibility index (Phi) is 3.92. The summed E-state index contributed by atoms with van der Waals surface area (Å²) in [5.74, 6) is -1.23. The molecule has 0 radical (unpaired) electrons. The minimum Gasteiger partial charge on any atom is -0.359 e. The van der Waals surface area contributed by atoms with Crippen LogP contribution < -0.4 is 5.32 Å². The molecule has 18 heavy (non-hydrogen) atoms. The maximum atomic E-state index is 12.2. The van der Waals surface area contributed by atoms with Gasteiger partial charge in [0.05, 0.1) is 4.75 Å². The molecule has 1 N–H and O–H groups in total. The third-order valence-corrected chi connectivity index (χ3v) is 5.17. The molecule has 0 saturated heterocycles. The number of anilines is 1. The minimum absolute atomic E-state index is 0.0433. The van der Waals surface area contributed by atoms with E-state index in [4.69, 9.17) is 0 Å². The summed E-state index contributed by atoms with van der Waals surface area (Å²) in [7, 11) is -3.32. The van der Waals surface area contributed by atoms with Gasteiger partial charge in [0.2, 0.25) is 11.0 Å². The van der Waals surface area contributed by atoms with Crippen molar-refractivity contribution in [2.24, 2.45) is 0 Å². The predicted molar refractivity (Wildman–Crippen MR) is 62.3 cm³/mol. The van der Waals surface area contributed by atoms with Crippen LogP contribution in [0.3, 0.4) is 0 Å². The van der Waals surface area contributed by atoms with Crippen LogP contribution in [0.4, 0.5) is 18.3 Å². The summed E-state index contributed by atoms with van der Waals surface area (Å²) in [4.78, 5) is 3.24. The van der Waals surface area contributed by atoms with Gasteiger partial charge in [0, 0.05) is 24.3 Å². The number of nitrogens with one attached hydrogen (secondary N) is 1. The first kappa shape index (κ1) is 15.2. The normalized spacial score (nSPS) is 13.7. The van der Waals surface area contributed by atoms with Gasteiger partial charge in [0.1, 0.15) is 0 Å². The SMILES string of the molecule is CC(C)(CNc1nc(C(F)(F)F)ns1)S(C)(=O)=O. The number of hydrogen-bond acceptors (Lipinski definition) is 6. The molecule has 1 heterocycles. The van der Waals surface area contributed by atoms with E-state index in [0.717, 1.165) is 6.26 Å². The van der Waals surface area contributed by atoms with Crippen LogP contribution in [0.1, 0.15) is 19.7 Å². The molecule has 0 spiro atoms. The van der Waals surface area contributed by atoms with Crippen molar-refractivity contribution in [3.05, 3.63) is 5.82 Å². The van der Waals surface area contributed by atoms with Crippen LogP contribution in [0.2, 0.25) is 0 Å². The molecule has 0 aliphatic rings. The Bertz CT molecular complexity index is 522. The lowest BCUT2D eigenvalue weighted by molar-refractivity contribution is -0.144. The van der Waals surface area contributed by atoms with Crippen LogP contribution in [0, 0.1) is 0 Å². The lowest BCUT2D eigenvalue weighted by Crippen LogP contribution is -2.38. The van der Waals surface area contributed by atoms with Gasteiger partial charge in [-0.25, -0.2) is 8.42 Å². The van der Waals surface area contributed by atoms with E-state index in [1.54, 1.807) is 0 Å². The first-order chi connectivity index (χ1) is 7.93. The summed E-state index contributed by atoms with van der Waals surface area (Å²) >= 11 is 0.541. The van der Waals surface area contributed by atoms with Crippen LogP contribution in [0.15, 0.2) is 0 Å². The second kappa shape index (κ2) is 4.65. The van der Waals surface area contributed by atoms with Crippen molar-refractivity contribution in [2.45, 2.75) is 24.8 Å². The zero-order valence-electron chi connectivity index (χ0n) is 9.87. The number of rotatable bonds is 4. The number of halogens is 3. The fraction of sp³-hybridized carbons (Fsp3) is 0.750. The van der Waals surface area contributed by atoms with Crippen LogP contribution >= 0.6 is 11.5 Å². The van der Waals surface area contributed by atoms with Gasteiger partial charge in [-0.05, 0) is 13.8 Å². The molecule has 0 fully saturated rings. The van der Waals surface area contributed by atoms with Crippen LogP contribution in [-0.2, 0) is 16.0 Å². The van der Waals surface area contributed by atoms with Gasteiger partial charge < -0.3 is 5.32 Å². The Morgan fingerprint density at radius 2 is 1.89 bits per heavy atom. The van der Waals surface area contributed by atoms with Gasteiger partial charge in [-0.2, -0.15) is 22.5 Å². The maximum Gasteiger partial charge on any atom is 0.452 e. The molecule has 5 nitrogen and oxygen atoms in total. The molecule has 0 saturated carbocycles. The Hall–Kier alpha value is -0.900. The van der Waals surface area contributed by atoms with Crippen LogP contribution in [-0.4, -0.2) is 35.3 Å². The highest BCUT2D eigenvalue weighted by Gasteiger charge is 2.36. The maximum absolute atomic E-state index is 12.2. The highest BCUT2D eigenvalue weighted by atomic mass is 32.2. The molecule has 0 atom stereocenters. The van der Waals surface area contributed by atoms with E-state index >= 15 is 0 Å². The summed E-state index contributed by atoms with van der Waals surface area (Å²) in [6, 6.07) is 0. The van der Waals surface area contributed by atoms with Crippen molar-refractivity contribution in [3.63, 3.8) is 0 Å². The standard InChI is InChI=1S/C8H12F3N3O2S2/c1-7(2,18(3,15)16)4-12-6-13-5(14-17-6)8(9,10)11/h4H2,1-3H3,(H,12,13,14). The zero-order chi connectivity index (χ0) is 14.2. The largest absolute Gasteiger partial charge is 0.452 e.